The SMILES string of the molecule is C1=CCC(c2nc(-c3ccc4c(c3)oc3ccccc34)nc(-c3cccc4oc5c(-c6ccccc6)cccc5c34)n2)C=C1. The number of allylic oxidation sites excluding steroid dienone is 4. The molecule has 9 rings (SSSR count). The van der Waals surface area contributed by atoms with Crippen LogP contribution in [0.25, 0.3) is 77.8 Å². The second-order valence-electron chi connectivity index (χ2n) is 11.1. The minimum atomic E-state index is 0.0559. The fourth-order valence-corrected chi connectivity index (χ4v) is 6.32. The van der Waals surface area contributed by atoms with E-state index in [2.05, 4.69) is 78.9 Å². The Morgan fingerprint density at radius 2 is 1.32 bits per heavy atom. The Balaban J connectivity index is 1.26. The first-order valence-corrected chi connectivity index (χ1v) is 14.8. The summed E-state index contributed by atoms with van der Waals surface area (Å²) in [4.78, 5) is 15.2. The van der Waals surface area contributed by atoms with Gasteiger partial charge < -0.3 is 8.83 Å². The van der Waals surface area contributed by atoms with Crippen LogP contribution in [0.15, 0.2) is 142 Å². The van der Waals surface area contributed by atoms with Gasteiger partial charge >= 0.3 is 0 Å². The van der Waals surface area contributed by atoms with Crippen molar-refractivity contribution in [1.82, 2.24) is 15.0 Å². The molecule has 0 radical (unpaired) electrons. The largest absolute Gasteiger partial charge is 0.456 e. The van der Waals surface area contributed by atoms with Gasteiger partial charge in [-0.2, -0.15) is 0 Å². The van der Waals surface area contributed by atoms with E-state index in [1.165, 1.54) is 0 Å². The van der Waals surface area contributed by atoms with Gasteiger partial charge in [-0.1, -0.05) is 109 Å². The molecule has 0 spiro atoms. The highest BCUT2D eigenvalue weighted by Gasteiger charge is 2.21. The highest BCUT2D eigenvalue weighted by molar-refractivity contribution is 6.15. The lowest BCUT2D eigenvalue weighted by atomic mass is 9.99. The van der Waals surface area contributed by atoms with Crippen LogP contribution in [0.4, 0.5) is 0 Å². The van der Waals surface area contributed by atoms with Crippen LogP contribution in [0.3, 0.4) is 0 Å². The number of rotatable bonds is 4. The van der Waals surface area contributed by atoms with Crippen molar-refractivity contribution in [3.63, 3.8) is 0 Å². The van der Waals surface area contributed by atoms with Gasteiger partial charge in [-0.05, 0) is 36.2 Å². The highest BCUT2D eigenvalue weighted by atomic mass is 16.3. The zero-order valence-corrected chi connectivity index (χ0v) is 23.6. The van der Waals surface area contributed by atoms with E-state index in [1.807, 2.05) is 54.6 Å². The predicted octanol–water partition coefficient (Wildman–Crippen LogP) is 10.3. The number of hydrogen-bond acceptors (Lipinski definition) is 5. The molecule has 0 fully saturated rings. The van der Waals surface area contributed by atoms with E-state index in [0.717, 1.165) is 78.4 Å². The minimum Gasteiger partial charge on any atom is -0.456 e. The fourth-order valence-electron chi connectivity index (χ4n) is 6.32. The Labute approximate surface area is 252 Å². The van der Waals surface area contributed by atoms with Gasteiger partial charge in [0.05, 0.1) is 0 Å². The van der Waals surface area contributed by atoms with Crippen molar-refractivity contribution < 1.29 is 8.83 Å². The predicted molar refractivity (Wildman–Crippen MR) is 176 cm³/mol. The van der Waals surface area contributed by atoms with Gasteiger partial charge in [0, 0.05) is 44.2 Å². The molecule has 3 aromatic heterocycles. The highest BCUT2D eigenvalue weighted by Crippen LogP contribution is 2.40. The molecule has 44 heavy (non-hydrogen) atoms. The monoisotopic (exact) mass is 567 g/mol. The van der Waals surface area contributed by atoms with Crippen molar-refractivity contribution >= 4 is 43.9 Å². The second-order valence-corrected chi connectivity index (χ2v) is 11.1. The maximum absolute atomic E-state index is 6.53. The van der Waals surface area contributed by atoms with Crippen molar-refractivity contribution in [3.05, 3.63) is 139 Å². The molecular weight excluding hydrogens is 542 g/mol. The minimum absolute atomic E-state index is 0.0559. The number of hydrogen-bond donors (Lipinski definition) is 0. The Kier molecular flexibility index (Phi) is 5.56. The van der Waals surface area contributed by atoms with E-state index in [0.29, 0.717) is 11.6 Å². The van der Waals surface area contributed by atoms with Crippen LogP contribution in [-0.4, -0.2) is 15.0 Å². The second kappa shape index (κ2) is 9.89. The molecule has 8 aromatic rings. The molecule has 5 heteroatoms. The van der Waals surface area contributed by atoms with Crippen LogP contribution in [0.5, 0.6) is 0 Å². The Morgan fingerprint density at radius 3 is 2.23 bits per heavy atom. The lowest BCUT2D eigenvalue weighted by Gasteiger charge is -2.14. The standard InChI is InChI=1S/C39H25N3O2/c1-3-11-24(12-4-1)27-16-9-17-30-35-31(18-10-20-33(35)44-36(27)30)39-41-37(25-13-5-2-6-14-25)40-38(42-39)26-21-22-29-28-15-7-8-19-32(28)43-34(29)23-26/h1-13,15-23,25H,14H2. The van der Waals surface area contributed by atoms with Crippen LogP contribution in [0, 0.1) is 0 Å². The van der Waals surface area contributed by atoms with E-state index in [4.69, 9.17) is 23.8 Å². The van der Waals surface area contributed by atoms with Crippen LogP contribution in [-0.2, 0) is 0 Å². The number of para-hydroxylation sites is 2. The van der Waals surface area contributed by atoms with Crippen LogP contribution < -0.4 is 0 Å². The summed E-state index contributed by atoms with van der Waals surface area (Å²) in [5, 5.41) is 4.20. The summed E-state index contributed by atoms with van der Waals surface area (Å²) in [6.07, 6.45) is 9.28. The van der Waals surface area contributed by atoms with Gasteiger partial charge in [0.25, 0.3) is 0 Å². The van der Waals surface area contributed by atoms with Gasteiger partial charge in [0.15, 0.2) is 11.6 Å². The molecule has 3 heterocycles. The van der Waals surface area contributed by atoms with Crippen molar-refractivity contribution in [1.29, 1.82) is 0 Å². The van der Waals surface area contributed by atoms with E-state index in [1.54, 1.807) is 0 Å². The molecule has 0 N–H and O–H groups in total. The van der Waals surface area contributed by atoms with E-state index in [9.17, 15) is 0 Å². The number of nitrogens with zero attached hydrogens (tertiary/aromatic N) is 3. The van der Waals surface area contributed by atoms with Gasteiger partial charge in [-0.15, -0.1) is 0 Å². The molecule has 0 amide bonds. The summed E-state index contributed by atoms with van der Waals surface area (Å²) >= 11 is 0. The van der Waals surface area contributed by atoms with Gasteiger partial charge in [-0.25, -0.2) is 15.0 Å². The smallest absolute Gasteiger partial charge is 0.164 e. The molecular formula is C39H25N3O2. The Morgan fingerprint density at radius 1 is 0.545 bits per heavy atom. The zero-order chi connectivity index (χ0) is 29.0. The van der Waals surface area contributed by atoms with E-state index >= 15 is 0 Å². The third kappa shape index (κ3) is 3.97. The van der Waals surface area contributed by atoms with Crippen molar-refractivity contribution in [3.8, 4) is 33.9 Å². The summed E-state index contributed by atoms with van der Waals surface area (Å²) in [5.41, 5.74) is 7.29. The lowest BCUT2D eigenvalue weighted by molar-refractivity contribution is 0.669. The molecule has 1 atom stereocenters. The number of furan rings is 2. The number of benzene rings is 5. The normalized spacial score (nSPS) is 14.8. The molecule has 208 valence electrons. The molecule has 1 aliphatic carbocycles. The number of fused-ring (bicyclic) bond motifs is 6. The zero-order valence-electron chi connectivity index (χ0n) is 23.6. The Hall–Kier alpha value is -5.81. The molecule has 0 aliphatic heterocycles. The third-order valence-corrected chi connectivity index (χ3v) is 8.45. The first-order chi connectivity index (χ1) is 21.8. The molecule has 1 aliphatic rings. The van der Waals surface area contributed by atoms with E-state index < -0.39 is 0 Å². The topological polar surface area (TPSA) is 65.0 Å². The average molecular weight is 568 g/mol. The Bertz CT molecular complexity index is 2430. The van der Waals surface area contributed by atoms with Crippen molar-refractivity contribution in [2.45, 2.75) is 12.3 Å². The van der Waals surface area contributed by atoms with Gasteiger partial charge in [-0.3, -0.25) is 0 Å². The molecule has 5 aromatic carbocycles. The summed E-state index contributed by atoms with van der Waals surface area (Å²) < 4.78 is 12.7. The van der Waals surface area contributed by atoms with Crippen molar-refractivity contribution in [2.24, 2.45) is 0 Å². The number of aromatic nitrogens is 3. The van der Waals surface area contributed by atoms with Crippen molar-refractivity contribution in [2.75, 3.05) is 0 Å². The van der Waals surface area contributed by atoms with E-state index in [-0.39, 0.29) is 5.92 Å². The molecule has 0 bridgehead atoms. The van der Waals surface area contributed by atoms with Gasteiger partial charge in [0.1, 0.15) is 28.2 Å². The quantitative estimate of drug-likeness (QED) is 0.212. The molecule has 1 unspecified atom stereocenters. The molecule has 0 saturated heterocycles. The average Bonchev–Trinajstić information content (AvgIpc) is 3.67. The maximum Gasteiger partial charge on any atom is 0.164 e. The first kappa shape index (κ1) is 24.8. The molecule has 0 saturated carbocycles. The first-order valence-electron chi connectivity index (χ1n) is 14.8. The van der Waals surface area contributed by atoms with Crippen LogP contribution in [0.1, 0.15) is 18.2 Å². The third-order valence-electron chi connectivity index (χ3n) is 8.45. The maximum atomic E-state index is 6.53. The van der Waals surface area contributed by atoms with Crippen LogP contribution in [0.2, 0.25) is 0 Å². The summed E-state index contributed by atoms with van der Waals surface area (Å²) in [7, 11) is 0. The fraction of sp³-hybridized carbons (Fsp3) is 0.0513. The summed E-state index contributed by atoms with van der Waals surface area (Å²) in [6, 6.07) is 37.1. The van der Waals surface area contributed by atoms with Crippen LogP contribution >= 0.6 is 0 Å². The van der Waals surface area contributed by atoms with Gasteiger partial charge in [0.2, 0.25) is 0 Å². The summed E-state index contributed by atoms with van der Waals surface area (Å²) in [5.74, 6) is 2.03. The summed E-state index contributed by atoms with van der Waals surface area (Å²) in [6.45, 7) is 0. The lowest BCUT2D eigenvalue weighted by Crippen LogP contribution is -2.08. The molecule has 5 nitrogen and oxygen atoms in total.